The van der Waals surface area contributed by atoms with Crippen LogP contribution >= 0.6 is 22.9 Å². The number of nitrogens with one attached hydrogen (secondary N) is 1. The van der Waals surface area contributed by atoms with Gasteiger partial charge in [-0.2, -0.15) is 0 Å². The van der Waals surface area contributed by atoms with Crippen molar-refractivity contribution in [3.8, 4) is 11.1 Å². The number of anilines is 1. The summed E-state index contributed by atoms with van der Waals surface area (Å²) in [4.78, 5) is 9.49. The molecule has 0 amide bonds. The summed E-state index contributed by atoms with van der Waals surface area (Å²) in [5.74, 6) is 0.266. The van der Waals surface area contributed by atoms with Gasteiger partial charge < -0.3 is 5.32 Å². The molecule has 0 saturated heterocycles. The number of nitrogens with zero attached hydrogens (tertiary/aromatic N) is 2. The standard InChI is InChI=1S/C14H11ClFN3S/c1-2-17-14-18-12(15)11-10(7-20-13(11)19-14)8-3-5-9(16)6-4-8/h3-7H,2H2,1H3,(H,17,18,19). The van der Waals surface area contributed by atoms with Gasteiger partial charge in [0.05, 0.1) is 5.39 Å². The number of hydrogen-bond acceptors (Lipinski definition) is 4. The number of thiophene rings is 1. The Balaban J connectivity index is 2.16. The molecule has 102 valence electrons. The second-order valence-corrected chi connectivity index (χ2v) is 5.42. The van der Waals surface area contributed by atoms with Crippen LogP contribution in [0.3, 0.4) is 0 Å². The first kappa shape index (κ1) is 13.3. The lowest BCUT2D eigenvalue weighted by Gasteiger charge is -2.04. The molecule has 1 aromatic carbocycles. The predicted octanol–water partition coefficient (Wildman–Crippen LogP) is 4.58. The summed E-state index contributed by atoms with van der Waals surface area (Å²) in [6.45, 7) is 2.71. The van der Waals surface area contributed by atoms with Crippen LogP contribution in [-0.4, -0.2) is 16.5 Å². The van der Waals surface area contributed by atoms with E-state index in [1.807, 2.05) is 12.3 Å². The molecule has 2 aromatic heterocycles. The molecule has 0 aliphatic carbocycles. The summed E-state index contributed by atoms with van der Waals surface area (Å²) in [5, 5.41) is 6.23. The number of rotatable bonds is 3. The largest absolute Gasteiger partial charge is 0.354 e. The first-order valence-electron chi connectivity index (χ1n) is 6.13. The number of fused-ring (bicyclic) bond motifs is 1. The Morgan fingerprint density at radius 3 is 2.70 bits per heavy atom. The van der Waals surface area contributed by atoms with Crippen molar-refractivity contribution in [2.24, 2.45) is 0 Å². The van der Waals surface area contributed by atoms with Crippen molar-refractivity contribution < 1.29 is 4.39 Å². The summed E-state index contributed by atoms with van der Waals surface area (Å²) in [5.41, 5.74) is 1.83. The zero-order valence-corrected chi connectivity index (χ0v) is 12.2. The fourth-order valence-electron chi connectivity index (χ4n) is 1.98. The average molecular weight is 308 g/mol. The van der Waals surface area contributed by atoms with E-state index in [1.54, 1.807) is 12.1 Å². The van der Waals surface area contributed by atoms with Gasteiger partial charge in [0.15, 0.2) is 0 Å². The fourth-order valence-corrected chi connectivity index (χ4v) is 3.25. The lowest BCUT2D eigenvalue weighted by molar-refractivity contribution is 0.628. The molecule has 3 aromatic rings. The molecule has 3 rings (SSSR count). The highest BCUT2D eigenvalue weighted by molar-refractivity contribution is 7.17. The molecule has 1 N–H and O–H groups in total. The van der Waals surface area contributed by atoms with Crippen LogP contribution in [0.5, 0.6) is 0 Å². The second kappa shape index (κ2) is 5.34. The van der Waals surface area contributed by atoms with Crippen LogP contribution in [0.4, 0.5) is 10.3 Å². The molecular weight excluding hydrogens is 297 g/mol. The van der Waals surface area contributed by atoms with E-state index in [0.717, 1.165) is 27.9 Å². The van der Waals surface area contributed by atoms with Crippen molar-refractivity contribution in [3.63, 3.8) is 0 Å². The fraction of sp³-hybridized carbons (Fsp3) is 0.143. The van der Waals surface area contributed by atoms with Gasteiger partial charge in [0.2, 0.25) is 5.95 Å². The summed E-state index contributed by atoms with van der Waals surface area (Å²) in [6, 6.07) is 6.32. The zero-order valence-electron chi connectivity index (χ0n) is 10.7. The average Bonchev–Trinajstić information content (AvgIpc) is 2.84. The molecule has 0 aliphatic rings. The molecule has 20 heavy (non-hydrogen) atoms. The third-order valence-corrected chi connectivity index (χ3v) is 4.03. The second-order valence-electron chi connectivity index (χ2n) is 4.20. The monoisotopic (exact) mass is 307 g/mol. The highest BCUT2D eigenvalue weighted by Gasteiger charge is 2.13. The van der Waals surface area contributed by atoms with Crippen LogP contribution < -0.4 is 5.32 Å². The Bertz CT molecular complexity index is 755. The van der Waals surface area contributed by atoms with Crippen molar-refractivity contribution in [3.05, 3.63) is 40.6 Å². The Morgan fingerprint density at radius 1 is 1.25 bits per heavy atom. The van der Waals surface area contributed by atoms with Gasteiger partial charge in [-0.1, -0.05) is 23.7 Å². The van der Waals surface area contributed by atoms with Crippen molar-refractivity contribution in [1.82, 2.24) is 9.97 Å². The minimum absolute atomic E-state index is 0.259. The third kappa shape index (κ3) is 2.34. The summed E-state index contributed by atoms with van der Waals surface area (Å²) >= 11 is 7.76. The minimum Gasteiger partial charge on any atom is -0.354 e. The smallest absolute Gasteiger partial charge is 0.225 e. The third-order valence-electron chi connectivity index (χ3n) is 2.88. The minimum atomic E-state index is -0.259. The van der Waals surface area contributed by atoms with E-state index in [9.17, 15) is 4.39 Å². The first-order valence-corrected chi connectivity index (χ1v) is 7.39. The maximum atomic E-state index is 13.0. The van der Waals surface area contributed by atoms with Crippen molar-refractivity contribution in [2.45, 2.75) is 6.92 Å². The predicted molar refractivity (Wildman–Crippen MR) is 82.0 cm³/mol. The van der Waals surface area contributed by atoms with E-state index in [0.29, 0.717) is 11.1 Å². The molecule has 2 heterocycles. The van der Waals surface area contributed by atoms with Gasteiger partial charge in [0.1, 0.15) is 15.8 Å². The van der Waals surface area contributed by atoms with E-state index in [1.165, 1.54) is 23.5 Å². The molecule has 0 saturated carbocycles. The molecule has 6 heteroatoms. The molecule has 3 nitrogen and oxygen atoms in total. The summed E-state index contributed by atoms with van der Waals surface area (Å²) < 4.78 is 13.0. The highest BCUT2D eigenvalue weighted by atomic mass is 35.5. The lowest BCUT2D eigenvalue weighted by Crippen LogP contribution is -2.01. The Kier molecular flexibility index (Phi) is 3.54. The SMILES string of the molecule is CCNc1nc(Cl)c2c(-c3ccc(F)cc3)csc2n1. The zero-order chi connectivity index (χ0) is 14.1. The van der Waals surface area contributed by atoms with Crippen molar-refractivity contribution in [2.75, 3.05) is 11.9 Å². The van der Waals surface area contributed by atoms with E-state index >= 15 is 0 Å². The molecular formula is C14H11ClFN3S. The van der Waals surface area contributed by atoms with Gasteiger partial charge >= 0.3 is 0 Å². The maximum Gasteiger partial charge on any atom is 0.225 e. The van der Waals surface area contributed by atoms with Crippen LogP contribution in [0.15, 0.2) is 29.6 Å². The van der Waals surface area contributed by atoms with E-state index in [4.69, 9.17) is 11.6 Å². The Labute approximate surface area is 124 Å². The van der Waals surface area contributed by atoms with Crippen molar-refractivity contribution in [1.29, 1.82) is 0 Å². The number of halogens is 2. The molecule has 0 fully saturated rings. The molecule has 0 aliphatic heterocycles. The van der Waals surface area contributed by atoms with Gasteiger partial charge in [0, 0.05) is 17.5 Å². The maximum absolute atomic E-state index is 13.0. The van der Waals surface area contributed by atoms with Crippen LogP contribution in [0.25, 0.3) is 21.3 Å². The van der Waals surface area contributed by atoms with Crippen LogP contribution in [0.2, 0.25) is 5.15 Å². The Morgan fingerprint density at radius 2 is 2.00 bits per heavy atom. The van der Waals surface area contributed by atoms with Gasteiger partial charge in [-0.05, 0) is 24.6 Å². The molecule has 0 bridgehead atoms. The van der Waals surface area contributed by atoms with E-state index in [-0.39, 0.29) is 5.82 Å². The summed E-state index contributed by atoms with van der Waals surface area (Å²) in [6.07, 6.45) is 0. The number of hydrogen-bond donors (Lipinski definition) is 1. The van der Waals surface area contributed by atoms with Gasteiger partial charge in [-0.25, -0.2) is 14.4 Å². The quantitative estimate of drug-likeness (QED) is 0.720. The van der Waals surface area contributed by atoms with Crippen molar-refractivity contribution >= 4 is 39.1 Å². The highest BCUT2D eigenvalue weighted by Crippen LogP contribution is 2.37. The molecule has 0 atom stereocenters. The molecule has 0 unspecified atom stereocenters. The topological polar surface area (TPSA) is 37.8 Å². The van der Waals surface area contributed by atoms with Crippen LogP contribution in [0.1, 0.15) is 6.92 Å². The van der Waals surface area contributed by atoms with Gasteiger partial charge in [-0.3, -0.25) is 0 Å². The van der Waals surface area contributed by atoms with E-state index in [2.05, 4.69) is 15.3 Å². The molecule has 0 spiro atoms. The summed E-state index contributed by atoms with van der Waals surface area (Å²) in [7, 11) is 0. The van der Waals surface area contributed by atoms with E-state index < -0.39 is 0 Å². The van der Waals surface area contributed by atoms with Gasteiger partial charge in [0.25, 0.3) is 0 Å². The normalized spacial score (nSPS) is 10.9. The number of benzene rings is 1. The van der Waals surface area contributed by atoms with Crippen LogP contribution in [-0.2, 0) is 0 Å². The number of aromatic nitrogens is 2. The lowest BCUT2D eigenvalue weighted by atomic mass is 10.1. The Hall–Kier alpha value is -1.72. The first-order chi connectivity index (χ1) is 9.69. The molecule has 0 radical (unpaired) electrons. The van der Waals surface area contributed by atoms with Gasteiger partial charge in [-0.15, -0.1) is 11.3 Å². The van der Waals surface area contributed by atoms with Crippen LogP contribution in [0, 0.1) is 5.82 Å².